The van der Waals surface area contributed by atoms with E-state index in [-0.39, 0.29) is 5.91 Å². The first-order valence-electron chi connectivity index (χ1n) is 7.82. The summed E-state index contributed by atoms with van der Waals surface area (Å²) in [6.07, 6.45) is 5.44. The quantitative estimate of drug-likeness (QED) is 0.666. The number of amides is 1. The number of likely N-dealkylation sites (tertiary alicyclic amines) is 1. The second-order valence-corrected chi connectivity index (χ2v) is 6.00. The van der Waals surface area contributed by atoms with E-state index >= 15 is 0 Å². The molecule has 1 aliphatic heterocycles. The average molecular weight is 285 g/mol. The van der Waals surface area contributed by atoms with Crippen molar-refractivity contribution >= 4 is 5.91 Å². The molecule has 5 heteroatoms. The van der Waals surface area contributed by atoms with Gasteiger partial charge in [0.1, 0.15) is 0 Å². The van der Waals surface area contributed by atoms with Gasteiger partial charge < -0.3 is 20.7 Å². The minimum atomic E-state index is -0.569. The Balaban J connectivity index is 2.29. The van der Waals surface area contributed by atoms with Crippen LogP contribution in [0.15, 0.2) is 0 Å². The zero-order valence-electron chi connectivity index (χ0n) is 13.3. The molecule has 1 atom stereocenters. The van der Waals surface area contributed by atoms with E-state index in [1.54, 1.807) is 7.11 Å². The van der Waals surface area contributed by atoms with Gasteiger partial charge in [-0.05, 0) is 52.1 Å². The van der Waals surface area contributed by atoms with Gasteiger partial charge in [-0.2, -0.15) is 0 Å². The molecule has 1 amide bonds. The lowest BCUT2D eigenvalue weighted by Gasteiger charge is -2.33. The molecule has 0 aliphatic carbocycles. The largest absolute Gasteiger partial charge is 0.381 e. The number of hydrogen-bond donors (Lipinski definition) is 2. The van der Waals surface area contributed by atoms with Crippen molar-refractivity contribution in [2.75, 3.05) is 33.3 Å². The third-order valence-corrected chi connectivity index (χ3v) is 4.33. The Morgan fingerprint density at radius 2 is 2.10 bits per heavy atom. The van der Waals surface area contributed by atoms with E-state index in [0.29, 0.717) is 6.10 Å². The van der Waals surface area contributed by atoms with Gasteiger partial charge in [0, 0.05) is 20.2 Å². The van der Waals surface area contributed by atoms with Crippen LogP contribution < -0.4 is 11.1 Å². The summed E-state index contributed by atoms with van der Waals surface area (Å²) in [5, 5.41) is 3.29. The minimum Gasteiger partial charge on any atom is -0.381 e. The maximum absolute atomic E-state index is 11.6. The topological polar surface area (TPSA) is 67.6 Å². The zero-order chi connectivity index (χ0) is 15.0. The predicted octanol–water partition coefficient (Wildman–Crippen LogP) is 1.12. The number of piperidine rings is 1. The van der Waals surface area contributed by atoms with E-state index in [1.165, 1.54) is 0 Å². The third-order valence-electron chi connectivity index (χ3n) is 4.33. The van der Waals surface area contributed by atoms with E-state index < -0.39 is 5.54 Å². The van der Waals surface area contributed by atoms with Gasteiger partial charge in [-0.25, -0.2) is 0 Å². The Morgan fingerprint density at radius 1 is 1.45 bits per heavy atom. The number of carbonyl (C=O) groups is 1. The molecule has 0 radical (unpaired) electrons. The summed E-state index contributed by atoms with van der Waals surface area (Å²) in [6, 6.07) is 0. The first kappa shape index (κ1) is 17.4. The molecule has 0 spiro atoms. The highest BCUT2D eigenvalue weighted by Gasteiger charge is 2.29. The van der Waals surface area contributed by atoms with Gasteiger partial charge in [-0.15, -0.1) is 0 Å². The van der Waals surface area contributed by atoms with Crippen molar-refractivity contribution in [1.29, 1.82) is 0 Å². The molecule has 1 unspecified atom stereocenters. The van der Waals surface area contributed by atoms with Crippen LogP contribution in [0.4, 0.5) is 0 Å². The number of nitrogens with zero attached hydrogens (tertiary/aromatic N) is 1. The highest BCUT2D eigenvalue weighted by molar-refractivity contribution is 5.84. The lowest BCUT2D eigenvalue weighted by molar-refractivity contribution is -0.124. The van der Waals surface area contributed by atoms with Gasteiger partial charge in [-0.1, -0.05) is 6.92 Å². The Labute approximate surface area is 123 Å². The number of nitrogens with two attached hydrogens (primary N) is 1. The zero-order valence-corrected chi connectivity index (χ0v) is 13.3. The van der Waals surface area contributed by atoms with Crippen LogP contribution in [0.2, 0.25) is 0 Å². The van der Waals surface area contributed by atoms with Crippen molar-refractivity contribution in [2.45, 2.75) is 57.6 Å². The van der Waals surface area contributed by atoms with Crippen LogP contribution in [0.5, 0.6) is 0 Å². The number of carbonyl (C=O) groups excluding carboxylic acids is 1. The lowest BCUT2D eigenvalue weighted by Crippen LogP contribution is -2.53. The first-order valence-corrected chi connectivity index (χ1v) is 7.82. The normalized spacial score (nSPS) is 20.8. The number of hydrogen-bond acceptors (Lipinski definition) is 4. The van der Waals surface area contributed by atoms with E-state index in [4.69, 9.17) is 10.5 Å². The highest BCUT2D eigenvalue weighted by atomic mass is 16.5. The molecule has 5 nitrogen and oxygen atoms in total. The first-order chi connectivity index (χ1) is 9.51. The van der Waals surface area contributed by atoms with Crippen LogP contribution in [0.3, 0.4) is 0 Å². The van der Waals surface area contributed by atoms with E-state index in [9.17, 15) is 4.79 Å². The summed E-state index contributed by atoms with van der Waals surface area (Å²) < 4.78 is 5.38. The summed E-state index contributed by atoms with van der Waals surface area (Å²) in [4.78, 5) is 14.1. The molecule has 1 aliphatic rings. The average Bonchev–Trinajstić information content (AvgIpc) is 2.45. The summed E-state index contributed by atoms with van der Waals surface area (Å²) >= 11 is 0. The Morgan fingerprint density at radius 3 is 2.60 bits per heavy atom. The number of primary amides is 1. The molecule has 20 heavy (non-hydrogen) atoms. The van der Waals surface area contributed by atoms with E-state index in [1.807, 2.05) is 6.92 Å². The summed E-state index contributed by atoms with van der Waals surface area (Å²) in [5.74, 6) is -0.246. The molecule has 0 aromatic carbocycles. The number of methoxy groups -OCH3 is 1. The van der Waals surface area contributed by atoms with Crippen molar-refractivity contribution in [3.63, 3.8) is 0 Å². The fraction of sp³-hybridized carbons (Fsp3) is 0.933. The highest BCUT2D eigenvalue weighted by Crippen LogP contribution is 2.16. The third kappa shape index (κ3) is 5.38. The van der Waals surface area contributed by atoms with Crippen LogP contribution in [-0.4, -0.2) is 55.7 Å². The molecule has 0 aromatic heterocycles. The van der Waals surface area contributed by atoms with Crippen molar-refractivity contribution in [3.8, 4) is 0 Å². The predicted molar refractivity (Wildman–Crippen MR) is 81.6 cm³/mol. The van der Waals surface area contributed by atoms with Crippen LogP contribution in [0, 0.1) is 0 Å². The van der Waals surface area contributed by atoms with Gasteiger partial charge in [0.2, 0.25) is 5.91 Å². The second-order valence-electron chi connectivity index (χ2n) is 6.00. The number of rotatable bonds is 9. The Bertz CT molecular complexity index is 291. The summed E-state index contributed by atoms with van der Waals surface area (Å²) in [5.41, 5.74) is 4.97. The maximum Gasteiger partial charge on any atom is 0.237 e. The van der Waals surface area contributed by atoms with Crippen LogP contribution in [0.25, 0.3) is 0 Å². The lowest BCUT2D eigenvalue weighted by atomic mass is 9.94. The fourth-order valence-corrected chi connectivity index (χ4v) is 2.72. The molecule has 0 aromatic rings. The molecule has 3 N–H and O–H groups in total. The van der Waals surface area contributed by atoms with Gasteiger partial charge in [0.05, 0.1) is 11.6 Å². The maximum atomic E-state index is 11.6. The molecule has 0 saturated carbocycles. The molecule has 0 bridgehead atoms. The van der Waals surface area contributed by atoms with Crippen molar-refractivity contribution in [3.05, 3.63) is 0 Å². The molecule has 1 fully saturated rings. The minimum absolute atomic E-state index is 0.246. The summed E-state index contributed by atoms with van der Waals surface area (Å²) in [6.45, 7) is 8.06. The van der Waals surface area contributed by atoms with Crippen molar-refractivity contribution < 1.29 is 9.53 Å². The van der Waals surface area contributed by atoms with Gasteiger partial charge in [0.15, 0.2) is 0 Å². The Kier molecular flexibility index (Phi) is 7.48. The molecule has 1 saturated heterocycles. The summed E-state index contributed by atoms with van der Waals surface area (Å²) in [7, 11) is 1.79. The Hall–Kier alpha value is -0.650. The number of nitrogens with one attached hydrogen (secondary N) is 1. The van der Waals surface area contributed by atoms with Crippen molar-refractivity contribution in [2.24, 2.45) is 5.73 Å². The second kappa shape index (κ2) is 8.60. The van der Waals surface area contributed by atoms with Crippen LogP contribution in [0.1, 0.15) is 46.0 Å². The fourth-order valence-electron chi connectivity index (χ4n) is 2.72. The van der Waals surface area contributed by atoms with Gasteiger partial charge in [0.25, 0.3) is 0 Å². The molecular formula is C15H31N3O2. The molecular weight excluding hydrogens is 254 g/mol. The van der Waals surface area contributed by atoms with Crippen LogP contribution >= 0.6 is 0 Å². The van der Waals surface area contributed by atoms with Gasteiger partial charge in [-0.3, -0.25) is 4.79 Å². The molecule has 1 rings (SSSR count). The SMILES string of the molecule is CCCNC(C)(CCCN1CCC(OC)CC1)C(N)=O. The van der Waals surface area contributed by atoms with E-state index in [2.05, 4.69) is 17.1 Å². The van der Waals surface area contributed by atoms with E-state index in [0.717, 1.165) is 58.3 Å². The molecule has 118 valence electrons. The smallest absolute Gasteiger partial charge is 0.237 e. The monoisotopic (exact) mass is 285 g/mol. The number of ether oxygens (including phenoxy) is 1. The van der Waals surface area contributed by atoms with Gasteiger partial charge >= 0.3 is 0 Å². The van der Waals surface area contributed by atoms with Crippen molar-refractivity contribution in [1.82, 2.24) is 10.2 Å². The van der Waals surface area contributed by atoms with Crippen LogP contribution in [-0.2, 0) is 9.53 Å². The molecule has 1 heterocycles. The standard InChI is InChI=1S/C15H31N3O2/c1-4-9-17-15(2,14(16)19)8-5-10-18-11-6-13(20-3)7-12-18/h13,17H,4-12H2,1-3H3,(H2,16,19).